The van der Waals surface area contributed by atoms with Gasteiger partial charge in [-0.25, -0.2) is 0 Å². The number of benzene rings is 1. The van der Waals surface area contributed by atoms with Gasteiger partial charge in [0, 0.05) is 20.3 Å². The Kier molecular flexibility index (Phi) is 6.23. The van der Waals surface area contributed by atoms with Crippen LogP contribution in [0.4, 0.5) is 0 Å². The second-order valence-corrected chi connectivity index (χ2v) is 6.39. The Morgan fingerprint density at radius 2 is 1.79 bits per heavy atom. The number of methoxy groups -OCH3 is 3. The quantitative estimate of drug-likeness (QED) is 0.314. The highest BCUT2D eigenvalue weighted by atomic mass is 16.5. The zero-order valence-electron chi connectivity index (χ0n) is 16.5. The molecule has 2 heterocycles. The summed E-state index contributed by atoms with van der Waals surface area (Å²) in [4.78, 5) is 27.0. The molecule has 0 aliphatic carbocycles. The number of aliphatic hydroxyl groups excluding tert-OH is 1. The summed E-state index contributed by atoms with van der Waals surface area (Å²) in [6.07, 6.45) is 1.98. The molecule has 1 aliphatic rings. The molecule has 2 aromatic rings. The minimum atomic E-state index is -0.864. The first-order valence-corrected chi connectivity index (χ1v) is 9.07. The number of hydrogen-bond donors (Lipinski definition) is 1. The number of Topliss-reactive ketones (excluding diaryl/α,β-unsaturated/α-hetero) is 1. The Labute approximate surface area is 168 Å². The standard InChI is InChI=1S/C21H23NO7/c1-26-11-6-10-22-18(15-9-5-12-29-15)17(20(24)21(22)25)19(23)16-13(27-2)7-4-8-14(16)28-3/h4-5,7-9,12,18,23H,6,10-11H2,1-3H3/b19-17+. The smallest absolute Gasteiger partial charge is 0.295 e. The molecular formula is C21H23NO7. The van der Waals surface area contributed by atoms with Crippen molar-refractivity contribution < 1.29 is 33.3 Å². The third-order valence-corrected chi connectivity index (χ3v) is 4.76. The topological polar surface area (TPSA) is 98.4 Å². The SMILES string of the molecule is COCCCN1C(=O)C(=O)/C(=C(/O)c2c(OC)cccc2OC)C1c1ccco1. The number of rotatable bonds is 8. The van der Waals surface area contributed by atoms with Gasteiger partial charge in [0.05, 0.1) is 26.1 Å². The predicted octanol–water partition coefficient (Wildman–Crippen LogP) is 2.76. The molecule has 1 atom stereocenters. The van der Waals surface area contributed by atoms with Crippen molar-refractivity contribution in [1.29, 1.82) is 0 Å². The normalized spacial score (nSPS) is 18.3. The average molecular weight is 401 g/mol. The first-order chi connectivity index (χ1) is 14.0. The van der Waals surface area contributed by atoms with Crippen LogP contribution in [0.2, 0.25) is 0 Å². The highest BCUT2D eigenvalue weighted by molar-refractivity contribution is 6.46. The van der Waals surface area contributed by atoms with E-state index in [-0.39, 0.29) is 23.4 Å². The molecule has 8 nitrogen and oxygen atoms in total. The summed E-state index contributed by atoms with van der Waals surface area (Å²) < 4.78 is 21.2. The van der Waals surface area contributed by atoms with Crippen molar-refractivity contribution in [2.75, 3.05) is 34.5 Å². The largest absolute Gasteiger partial charge is 0.506 e. The number of hydrogen-bond acceptors (Lipinski definition) is 7. The summed E-state index contributed by atoms with van der Waals surface area (Å²) in [6, 6.07) is 7.42. The molecule has 1 unspecified atom stereocenters. The number of furan rings is 1. The van der Waals surface area contributed by atoms with Crippen LogP contribution in [0.5, 0.6) is 11.5 Å². The first-order valence-electron chi connectivity index (χ1n) is 9.07. The van der Waals surface area contributed by atoms with E-state index in [1.807, 2.05) is 0 Å². The molecule has 8 heteroatoms. The van der Waals surface area contributed by atoms with Crippen LogP contribution in [-0.4, -0.2) is 56.2 Å². The zero-order chi connectivity index (χ0) is 21.0. The Morgan fingerprint density at radius 3 is 2.34 bits per heavy atom. The molecule has 154 valence electrons. The van der Waals surface area contributed by atoms with Gasteiger partial charge in [0.2, 0.25) is 0 Å². The van der Waals surface area contributed by atoms with Gasteiger partial charge in [-0.3, -0.25) is 9.59 Å². The summed E-state index contributed by atoms with van der Waals surface area (Å²) in [5, 5.41) is 11.1. The number of ether oxygens (including phenoxy) is 3. The summed E-state index contributed by atoms with van der Waals surface area (Å²) in [6.45, 7) is 0.692. The van der Waals surface area contributed by atoms with Crippen molar-refractivity contribution in [2.24, 2.45) is 0 Å². The van der Waals surface area contributed by atoms with E-state index in [0.29, 0.717) is 30.3 Å². The Balaban J connectivity index is 2.18. The first kappa shape index (κ1) is 20.5. The maximum absolute atomic E-state index is 12.9. The minimum absolute atomic E-state index is 0.0785. The van der Waals surface area contributed by atoms with E-state index in [1.54, 1.807) is 37.4 Å². The lowest BCUT2D eigenvalue weighted by atomic mass is 9.98. The van der Waals surface area contributed by atoms with Crippen molar-refractivity contribution in [3.63, 3.8) is 0 Å². The molecule has 0 bridgehead atoms. The van der Waals surface area contributed by atoms with Crippen molar-refractivity contribution in [3.05, 3.63) is 53.5 Å². The van der Waals surface area contributed by atoms with Crippen molar-refractivity contribution >= 4 is 17.4 Å². The second kappa shape index (κ2) is 8.83. The van der Waals surface area contributed by atoms with E-state index in [2.05, 4.69) is 0 Å². The van der Waals surface area contributed by atoms with Crippen LogP contribution in [-0.2, 0) is 14.3 Å². The molecule has 1 aliphatic heterocycles. The molecule has 29 heavy (non-hydrogen) atoms. The molecule has 1 saturated heterocycles. The van der Waals surface area contributed by atoms with Gasteiger partial charge in [-0.2, -0.15) is 0 Å². The third kappa shape index (κ3) is 3.71. The lowest BCUT2D eigenvalue weighted by molar-refractivity contribution is -0.140. The van der Waals surface area contributed by atoms with Crippen molar-refractivity contribution in [3.8, 4) is 11.5 Å². The Hall–Kier alpha value is -3.26. The number of amides is 1. The summed E-state index contributed by atoms with van der Waals surface area (Å²) in [7, 11) is 4.45. The van der Waals surface area contributed by atoms with Crippen LogP contribution in [0, 0.1) is 0 Å². The maximum Gasteiger partial charge on any atom is 0.295 e. The van der Waals surface area contributed by atoms with Gasteiger partial charge in [-0.15, -0.1) is 0 Å². The molecule has 0 radical (unpaired) electrons. The van der Waals surface area contributed by atoms with E-state index in [4.69, 9.17) is 18.6 Å². The van der Waals surface area contributed by atoms with Crippen LogP contribution in [0.3, 0.4) is 0 Å². The van der Waals surface area contributed by atoms with Gasteiger partial charge >= 0.3 is 0 Å². The zero-order valence-corrected chi connectivity index (χ0v) is 16.5. The van der Waals surface area contributed by atoms with Crippen LogP contribution < -0.4 is 9.47 Å². The number of carbonyl (C=O) groups excluding carboxylic acids is 2. The van der Waals surface area contributed by atoms with Gasteiger partial charge in [-0.1, -0.05) is 6.07 Å². The molecule has 0 spiro atoms. The van der Waals surface area contributed by atoms with E-state index in [1.165, 1.54) is 25.4 Å². The van der Waals surface area contributed by atoms with Crippen molar-refractivity contribution in [2.45, 2.75) is 12.5 Å². The highest BCUT2D eigenvalue weighted by Crippen LogP contribution is 2.43. The molecule has 3 rings (SSSR count). The summed E-state index contributed by atoms with van der Waals surface area (Å²) in [5.41, 5.74) is 0.120. The monoisotopic (exact) mass is 401 g/mol. The molecule has 0 saturated carbocycles. The lowest BCUT2D eigenvalue weighted by Crippen LogP contribution is -2.31. The summed E-state index contributed by atoms with van der Waals surface area (Å²) >= 11 is 0. The van der Waals surface area contributed by atoms with Crippen molar-refractivity contribution in [1.82, 2.24) is 4.90 Å². The van der Waals surface area contributed by atoms with E-state index >= 15 is 0 Å². The molecule has 1 amide bonds. The van der Waals surface area contributed by atoms with E-state index in [0.717, 1.165) is 0 Å². The minimum Gasteiger partial charge on any atom is -0.506 e. The maximum atomic E-state index is 12.9. The number of carbonyl (C=O) groups is 2. The van der Waals surface area contributed by atoms with Crippen LogP contribution in [0.25, 0.3) is 5.76 Å². The van der Waals surface area contributed by atoms with Gasteiger partial charge < -0.3 is 28.6 Å². The number of ketones is 1. The van der Waals surface area contributed by atoms with Gasteiger partial charge in [-0.05, 0) is 30.7 Å². The van der Waals surface area contributed by atoms with Crippen LogP contribution >= 0.6 is 0 Å². The number of likely N-dealkylation sites (tertiary alicyclic amines) is 1. The molecular weight excluding hydrogens is 378 g/mol. The number of nitrogens with zero attached hydrogens (tertiary/aromatic N) is 1. The molecule has 1 aromatic carbocycles. The van der Waals surface area contributed by atoms with Gasteiger partial charge in [0.15, 0.2) is 0 Å². The fourth-order valence-electron chi connectivity index (χ4n) is 3.45. The Morgan fingerprint density at radius 1 is 1.10 bits per heavy atom. The van der Waals surface area contributed by atoms with Gasteiger partial charge in [0.1, 0.15) is 34.6 Å². The molecule has 1 fully saturated rings. The molecule has 1 N–H and O–H groups in total. The second-order valence-electron chi connectivity index (χ2n) is 6.39. The average Bonchev–Trinajstić information content (AvgIpc) is 3.35. The fraction of sp³-hybridized carbons (Fsp3) is 0.333. The predicted molar refractivity (Wildman–Crippen MR) is 104 cm³/mol. The highest BCUT2D eigenvalue weighted by Gasteiger charge is 2.47. The summed E-state index contributed by atoms with van der Waals surface area (Å²) in [5.74, 6) is -0.895. The lowest BCUT2D eigenvalue weighted by Gasteiger charge is -2.23. The molecule has 1 aromatic heterocycles. The fourth-order valence-corrected chi connectivity index (χ4v) is 3.45. The van der Waals surface area contributed by atoms with Gasteiger partial charge in [0.25, 0.3) is 11.7 Å². The van der Waals surface area contributed by atoms with Crippen LogP contribution in [0.1, 0.15) is 23.8 Å². The van der Waals surface area contributed by atoms with Crippen LogP contribution in [0.15, 0.2) is 46.6 Å². The van der Waals surface area contributed by atoms with E-state index in [9.17, 15) is 14.7 Å². The third-order valence-electron chi connectivity index (χ3n) is 4.76. The number of aliphatic hydroxyl groups is 1. The Bertz CT molecular complexity index is 895. The van der Waals surface area contributed by atoms with E-state index < -0.39 is 17.7 Å².